The first kappa shape index (κ1) is 13.1. The molecule has 3 aromatic rings. The highest BCUT2D eigenvalue weighted by Crippen LogP contribution is 2.34. The summed E-state index contributed by atoms with van der Waals surface area (Å²) in [6.07, 6.45) is 5.00. The Hall–Kier alpha value is -2.62. The third-order valence-corrected chi connectivity index (χ3v) is 4.02. The van der Waals surface area contributed by atoms with Crippen molar-refractivity contribution in [2.24, 2.45) is 4.99 Å². The summed E-state index contributed by atoms with van der Waals surface area (Å²) in [4.78, 5) is 8.98. The van der Waals surface area contributed by atoms with Crippen molar-refractivity contribution in [2.75, 3.05) is 6.54 Å². The summed E-state index contributed by atoms with van der Waals surface area (Å²) < 4.78 is 2.13. The third-order valence-electron chi connectivity index (χ3n) is 4.02. The van der Waals surface area contributed by atoms with Crippen molar-refractivity contribution in [3.8, 4) is 0 Å². The van der Waals surface area contributed by atoms with Crippen molar-refractivity contribution in [2.45, 2.75) is 19.9 Å². The molecule has 4 rings (SSSR count). The molecule has 1 N–H and O–H groups in total. The maximum absolute atomic E-state index is 4.73. The second-order valence-electron chi connectivity index (χ2n) is 5.67. The molecule has 1 aliphatic heterocycles. The SMILES string of the molecule is Cc1cn(CCCNC2=Nc3cccc4cccc2c34)cn1. The topological polar surface area (TPSA) is 42.2 Å². The second kappa shape index (κ2) is 5.30. The average Bonchev–Trinajstić information content (AvgIpc) is 3.10. The highest BCUT2D eigenvalue weighted by molar-refractivity contribution is 6.18. The standard InChI is InChI=1S/C18H18N4/c1-13-11-22(12-20-13)10-4-9-19-18-15-7-2-5-14-6-3-8-16(21-18)17(14)15/h2-3,5-8,11-12H,4,9-10H2,1H3,(H,19,21). The summed E-state index contributed by atoms with van der Waals surface area (Å²) in [5.41, 5.74) is 3.35. The summed E-state index contributed by atoms with van der Waals surface area (Å²) in [6.45, 7) is 3.89. The van der Waals surface area contributed by atoms with Gasteiger partial charge in [0.25, 0.3) is 0 Å². The number of hydrogen-bond donors (Lipinski definition) is 1. The molecule has 1 aromatic heterocycles. The molecule has 110 valence electrons. The van der Waals surface area contributed by atoms with Crippen LogP contribution in [0, 0.1) is 6.92 Å². The zero-order valence-corrected chi connectivity index (χ0v) is 12.6. The van der Waals surface area contributed by atoms with E-state index < -0.39 is 0 Å². The van der Waals surface area contributed by atoms with Gasteiger partial charge in [-0.15, -0.1) is 0 Å². The van der Waals surface area contributed by atoms with Crippen molar-refractivity contribution in [3.05, 3.63) is 60.2 Å². The zero-order valence-electron chi connectivity index (χ0n) is 12.6. The van der Waals surface area contributed by atoms with E-state index in [1.165, 1.54) is 16.3 Å². The van der Waals surface area contributed by atoms with Crippen molar-refractivity contribution >= 4 is 22.3 Å². The first-order chi connectivity index (χ1) is 10.8. The van der Waals surface area contributed by atoms with Crippen LogP contribution in [0.4, 0.5) is 5.69 Å². The van der Waals surface area contributed by atoms with E-state index in [0.29, 0.717) is 0 Å². The van der Waals surface area contributed by atoms with E-state index in [4.69, 9.17) is 4.99 Å². The number of rotatable bonds is 4. The van der Waals surface area contributed by atoms with E-state index in [0.717, 1.165) is 36.7 Å². The summed E-state index contributed by atoms with van der Waals surface area (Å²) >= 11 is 0. The van der Waals surface area contributed by atoms with Crippen LogP contribution in [-0.4, -0.2) is 21.9 Å². The van der Waals surface area contributed by atoms with Gasteiger partial charge in [-0.2, -0.15) is 0 Å². The minimum Gasteiger partial charge on any atom is -0.369 e. The quantitative estimate of drug-likeness (QED) is 0.748. The van der Waals surface area contributed by atoms with E-state index in [-0.39, 0.29) is 0 Å². The lowest BCUT2D eigenvalue weighted by Gasteiger charge is -2.08. The van der Waals surface area contributed by atoms with Gasteiger partial charge in [-0.3, -0.25) is 0 Å². The summed E-state index contributed by atoms with van der Waals surface area (Å²) in [6, 6.07) is 12.7. The van der Waals surface area contributed by atoms with Crippen LogP contribution in [0.1, 0.15) is 17.7 Å². The largest absolute Gasteiger partial charge is 0.369 e. The molecule has 0 saturated heterocycles. The molecule has 0 saturated carbocycles. The van der Waals surface area contributed by atoms with Crippen molar-refractivity contribution in [3.63, 3.8) is 0 Å². The van der Waals surface area contributed by atoms with Gasteiger partial charge in [0, 0.05) is 30.2 Å². The van der Waals surface area contributed by atoms with Crippen LogP contribution in [-0.2, 0) is 6.54 Å². The first-order valence-corrected chi connectivity index (χ1v) is 7.64. The smallest absolute Gasteiger partial charge is 0.134 e. The molecule has 1 aliphatic rings. The summed E-state index contributed by atoms with van der Waals surface area (Å²) in [5.74, 6) is 0.994. The average molecular weight is 290 g/mol. The fourth-order valence-electron chi connectivity index (χ4n) is 2.99. The van der Waals surface area contributed by atoms with Gasteiger partial charge in [0.05, 0.1) is 17.7 Å². The fraction of sp³-hybridized carbons (Fsp3) is 0.222. The molecule has 2 heterocycles. The molecule has 0 aliphatic carbocycles. The van der Waals surface area contributed by atoms with E-state index in [9.17, 15) is 0 Å². The predicted molar refractivity (Wildman–Crippen MR) is 89.7 cm³/mol. The van der Waals surface area contributed by atoms with Gasteiger partial charge in [0.1, 0.15) is 5.84 Å². The van der Waals surface area contributed by atoms with Gasteiger partial charge < -0.3 is 9.88 Å². The number of hydrogen-bond acceptors (Lipinski definition) is 3. The molecule has 0 unspecified atom stereocenters. The Morgan fingerprint density at radius 1 is 1.14 bits per heavy atom. The fourth-order valence-corrected chi connectivity index (χ4v) is 2.99. The minimum atomic E-state index is 0.903. The molecule has 0 radical (unpaired) electrons. The molecule has 0 atom stereocenters. The Labute approximate surface area is 129 Å². The van der Waals surface area contributed by atoms with Gasteiger partial charge >= 0.3 is 0 Å². The molecular weight excluding hydrogens is 272 g/mol. The number of aromatic nitrogens is 2. The number of aryl methyl sites for hydroxylation is 2. The Bertz CT molecular complexity index is 855. The van der Waals surface area contributed by atoms with E-state index in [1.54, 1.807) is 0 Å². The van der Waals surface area contributed by atoms with Gasteiger partial charge in [0.15, 0.2) is 0 Å². The molecule has 0 fully saturated rings. The van der Waals surface area contributed by atoms with Crippen molar-refractivity contribution in [1.29, 1.82) is 0 Å². The van der Waals surface area contributed by atoms with Gasteiger partial charge in [-0.1, -0.05) is 30.3 Å². The van der Waals surface area contributed by atoms with Gasteiger partial charge in [0.2, 0.25) is 0 Å². The highest BCUT2D eigenvalue weighted by atomic mass is 15.0. The van der Waals surface area contributed by atoms with Gasteiger partial charge in [-0.25, -0.2) is 9.98 Å². The van der Waals surface area contributed by atoms with E-state index in [2.05, 4.69) is 57.5 Å². The third kappa shape index (κ3) is 2.26. The first-order valence-electron chi connectivity index (χ1n) is 7.64. The number of nitrogens with zero attached hydrogens (tertiary/aromatic N) is 3. The van der Waals surface area contributed by atoms with Gasteiger partial charge in [-0.05, 0) is 24.8 Å². The normalized spacial score (nSPS) is 12.7. The Morgan fingerprint density at radius 3 is 2.82 bits per heavy atom. The molecule has 4 nitrogen and oxygen atoms in total. The lowest BCUT2D eigenvalue weighted by atomic mass is 10.0. The summed E-state index contributed by atoms with van der Waals surface area (Å²) in [7, 11) is 0. The molecule has 0 amide bonds. The maximum Gasteiger partial charge on any atom is 0.134 e. The Morgan fingerprint density at radius 2 is 2.00 bits per heavy atom. The lowest BCUT2D eigenvalue weighted by molar-refractivity contribution is 0.630. The van der Waals surface area contributed by atoms with Crippen LogP contribution in [0.5, 0.6) is 0 Å². The Balaban J connectivity index is 1.44. The van der Waals surface area contributed by atoms with Crippen LogP contribution < -0.4 is 5.32 Å². The van der Waals surface area contributed by atoms with Crippen LogP contribution in [0.2, 0.25) is 0 Å². The highest BCUT2D eigenvalue weighted by Gasteiger charge is 2.17. The number of aliphatic imine (C=N–C) groups is 1. The van der Waals surface area contributed by atoms with Crippen molar-refractivity contribution < 1.29 is 0 Å². The number of amidine groups is 1. The number of nitrogens with one attached hydrogen (secondary N) is 1. The van der Waals surface area contributed by atoms with Crippen molar-refractivity contribution in [1.82, 2.24) is 14.9 Å². The molecule has 22 heavy (non-hydrogen) atoms. The molecule has 0 bridgehead atoms. The van der Waals surface area contributed by atoms with E-state index in [1.807, 2.05) is 13.3 Å². The maximum atomic E-state index is 4.73. The molecular formula is C18H18N4. The molecule has 4 heteroatoms. The van der Waals surface area contributed by atoms with Crippen LogP contribution >= 0.6 is 0 Å². The second-order valence-corrected chi connectivity index (χ2v) is 5.67. The van der Waals surface area contributed by atoms with E-state index >= 15 is 0 Å². The monoisotopic (exact) mass is 290 g/mol. The minimum absolute atomic E-state index is 0.903. The molecule has 2 aromatic carbocycles. The molecule has 0 spiro atoms. The zero-order chi connectivity index (χ0) is 14.9. The van der Waals surface area contributed by atoms with Crippen LogP contribution in [0.15, 0.2) is 53.9 Å². The predicted octanol–water partition coefficient (Wildman–Crippen LogP) is 3.42. The number of imidazole rings is 1. The number of benzene rings is 2. The lowest BCUT2D eigenvalue weighted by Crippen LogP contribution is -2.24. The van der Waals surface area contributed by atoms with Crippen LogP contribution in [0.3, 0.4) is 0 Å². The Kier molecular flexibility index (Phi) is 3.15. The van der Waals surface area contributed by atoms with Crippen LogP contribution in [0.25, 0.3) is 10.8 Å². The summed E-state index contributed by atoms with van der Waals surface area (Å²) in [5, 5.41) is 6.00.